The highest BCUT2D eigenvalue weighted by Crippen LogP contribution is 2.20. The minimum absolute atomic E-state index is 0.149. The van der Waals surface area contributed by atoms with Crippen LogP contribution in [-0.2, 0) is 16.6 Å². The molecule has 0 heterocycles. The van der Waals surface area contributed by atoms with E-state index < -0.39 is 35.0 Å². The van der Waals surface area contributed by atoms with Crippen molar-refractivity contribution in [3.05, 3.63) is 29.6 Å². The van der Waals surface area contributed by atoms with Gasteiger partial charge in [0, 0.05) is 13.1 Å². The number of nitrogens with one attached hydrogen (secondary N) is 2. The molecule has 0 fully saturated rings. The molecule has 1 rings (SSSR count). The standard InChI is InChI=1S/C11H14F4N2O2S/c1-16-7-8-2-3-9(12)6-10(8)20(18,19)17-5-4-11(13,14)15/h2-3,6,16-17H,4-5,7H2,1H3. The van der Waals surface area contributed by atoms with Crippen LogP contribution in [0, 0.1) is 5.82 Å². The van der Waals surface area contributed by atoms with Crippen molar-refractivity contribution in [2.75, 3.05) is 13.6 Å². The molecule has 0 radical (unpaired) electrons. The van der Waals surface area contributed by atoms with E-state index in [-0.39, 0.29) is 17.0 Å². The Morgan fingerprint density at radius 1 is 1.25 bits per heavy atom. The average Bonchev–Trinajstić information content (AvgIpc) is 2.29. The molecule has 0 saturated heterocycles. The zero-order valence-electron chi connectivity index (χ0n) is 10.6. The summed E-state index contributed by atoms with van der Waals surface area (Å²) >= 11 is 0. The lowest BCUT2D eigenvalue weighted by Gasteiger charge is -2.12. The van der Waals surface area contributed by atoms with Crippen molar-refractivity contribution in [3.8, 4) is 0 Å². The van der Waals surface area contributed by atoms with Crippen LogP contribution in [0.4, 0.5) is 17.6 Å². The zero-order valence-corrected chi connectivity index (χ0v) is 11.4. The summed E-state index contributed by atoms with van der Waals surface area (Å²) in [5.41, 5.74) is 0.272. The van der Waals surface area contributed by atoms with E-state index in [9.17, 15) is 26.0 Å². The normalized spacial score (nSPS) is 12.7. The van der Waals surface area contributed by atoms with Gasteiger partial charge in [0.2, 0.25) is 10.0 Å². The maximum absolute atomic E-state index is 13.1. The lowest BCUT2D eigenvalue weighted by Crippen LogP contribution is -2.29. The molecule has 114 valence electrons. The lowest BCUT2D eigenvalue weighted by molar-refractivity contribution is -0.132. The van der Waals surface area contributed by atoms with Crippen LogP contribution < -0.4 is 10.0 Å². The van der Waals surface area contributed by atoms with Gasteiger partial charge in [-0.1, -0.05) is 6.07 Å². The van der Waals surface area contributed by atoms with Gasteiger partial charge in [-0.05, 0) is 24.7 Å². The third kappa shape index (κ3) is 5.06. The number of benzene rings is 1. The molecular formula is C11H14F4N2O2S. The Morgan fingerprint density at radius 2 is 1.90 bits per heavy atom. The lowest BCUT2D eigenvalue weighted by atomic mass is 10.2. The minimum atomic E-state index is -4.46. The summed E-state index contributed by atoms with van der Waals surface area (Å²) in [6, 6.07) is 3.13. The summed E-state index contributed by atoms with van der Waals surface area (Å²) in [7, 11) is -2.62. The van der Waals surface area contributed by atoms with Crippen LogP contribution in [0.3, 0.4) is 0 Å². The maximum atomic E-state index is 13.1. The van der Waals surface area contributed by atoms with Gasteiger partial charge in [0.05, 0.1) is 11.3 Å². The molecule has 0 aliphatic heterocycles. The first-order valence-corrected chi connectivity index (χ1v) is 7.13. The van der Waals surface area contributed by atoms with Crippen LogP contribution in [0.15, 0.2) is 23.1 Å². The molecule has 20 heavy (non-hydrogen) atoms. The van der Waals surface area contributed by atoms with Gasteiger partial charge < -0.3 is 5.32 Å². The van der Waals surface area contributed by atoms with Gasteiger partial charge in [0.15, 0.2) is 0 Å². The van der Waals surface area contributed by atoms with Gasteiger partial charge in [0.1, 0.15) is 5.82 Å². The molecule has 0 aliphatic rings. The molecule has 0 amide bonds. The largest absolute Gasteiger partial charge is 0.390 e. The molecule has 0 spiro atoms. The predicted molar refractivity (Wildman–Crippen MR) is 65.0 cm³/mol. The number of rotatable bonds is 6. The topological polar surface area (TPSA) is 58.2 Å². The van der Waals surface area contributed by atoms with Gasteiger partial charge in [-0.2, -0.15) is 13.2 Å². The second-order valence-electron chi connectivity index (χ2n) is 4.05. The van der Waals surface area contributed by atoms with Gasteiger partial charge in [-0.25, -0.2) is 17.5 Å². The summed E-state index contributed by atoms with van der Waals surface area (Å²) in [4.78, 5) is -0.367. The molecule has 0 bridgehead atoms. The van der Waals surface area contributed by atoms with Crippen molar-refractivity contribution in [3.63, 3.8) is 0 Å². The fourth-order valence-corrected chi connectivity index (χ4v) is 2.80. The van der Waals surface area contributed by atoms with E-state index in [1.54, 1.807) is 7.05 Å². The highest BCUT2D eigenvalue weighted by atomic mass is 32.2. The van der Waals surface area contributed by atoms with Crippen molar-refractivity contribution in [1.82, 2.24) is 10.0 Å². The second kappa shape index (κ2) is 6.51. The highest BCUT2D eigenvalue weighted by Gasteiger charge is 2.28. The summed E-state index contributed by atoms with van der Waals surface area (Å²) < 4.78 is 74.7. The Hall–Kier alpha value is -1.19. The van der Waals surface area contributed by atoms with E-state index in [0.29, 0.717) is 0 Å². The van der Waals surface area contributed by atoms with Gasteiger partial charge in [0.25, 0.3) is 0 Å². The molecule has 0 aromatic heterocycles. The number of alkyl halides is 3. The van der Waals surface area contributed by atoms with Crippen molar-refractivity contribution < 1.29 is 26.0 Å². The highest BCUT2D eigenvalue weighted by molar-refractivity contribution is 7.89. The SMILES string of the molecule is CNCc1ccc(F)cc1S(=O)(=O)NCCC(F)(F)F. The van der Waals surface area contributed by atoms with E-state index >= 15 is 0 Å². The molecule has 0 aliphatic carbocycles. The molecule has 4 nitrogen and oxygen atoms in total. The Morgan fingerprint density at radius 3 is 2.45 bits per heavy atom. The summed E-state index contributed by atoms with van der Waals surface area (Å²) in [5.74, 6) is -0.777. The van der Waals surface area contributed by atoms with E-state index in [1.807, 2.05) is 4.72 Å². The number of hydrogen-bond acceptors (Lipinski definition) is 3. The molecule has 9 heteroatoms. The maximum Gasteiger partial charge on any atom is 0.390 e. The Labute approximate surface area is 114 Å². The van der Waals surface area contributed by atoms with Crippen LogP contribution in [-0.4, -0.2) is 28.2 Å². The monoisotopic (exact) mass is 314 g/mol. The van der Waals surface area contributed by atoms with E-state index in [0.717, 1.165) is 12.1 Å². The third-order valence-electron chi connectivity index (χ3n) is 2.39. The predicted octanol–water partition coefficient (Wildman–Crippen LogP) is 1.78. The summed E-state index contributed by atoms with van der Waals surface area (Å²) in [6.07, 6.45) is -5.75. The molecule has 1 aromatic rings. The third-order valence-corrected chi connectivity index (χ3v) is 3.93. The first-order chi connectivity index (χ1) is 9.15. The Kier molecular flexibility index (Phi) is 5.49. The van der Waals surface area contributed by atoms with Crippen LogP contribution >= 0.6 is 0 Å². The van der Waals surface area contributed by atoms with Crippen LogP contribution in [0.25, 0.3) is 0 Å². The van der Waals surface area contributed by atoms with E-state index in [2.05, 4.69) is 5.32 Å². The van der Waals surface area contributed by atoms with Gasteiger partial charge in [-0.3, -0.25) is 0 Å². The van der Waals surface area contributed by atoms with Crippen LogP contribution in [0.1, 0.15) is 12.0 Å². The first kappa shape index (κ1) is 16.9. The van der Waals surface area contributed by atoms with E-state index in [1.165, 1.54) is 6.07 Å². The van der Waals surface area contributed by atoms with Gasteiger partial charge in [-0.15, -0.1) is 0 Å². The second-order valence-corrected chi connectivity index (χ2v) is 5.78. The zero-order chi connectivity index (χ0) is 15.4. The molecule has 0 unspecified atom stereocenters. The summed E-state index contributed by atoms with van der Waals surface area (Å²) in [5, 5.41) is 2.70. The summed E-state index contributed by atoms with van der Waals surface area (Å²) in [6.45, 7) is -0.642. The first-order valence-electron chi connectivity index (χ1n) is 5.65. The number of hydrogen-bond donors (Lipinski definition) is 2. The van der Waals surface area contributed by atoms with Crippen LogP contribution in [0.2, 0.25) is 0 Å². The van der Waals surface area contributed by atoms with Gasteiger partial charge >= 0.3 is 6.18 Å². The smallest absolute Gasteiger partial charge is 0.316 e. The fraction of sp³-hybridized carbons (Fsp3) is 0.455. The number of halogens is 4. The molecule has 2 N–H and O–H groups in total. The molecule has 1 aromatic carbocycles. The van der Waals surface area contributed by atoms with Crippen LogP contribution in [0.5, 0.6) is 0 Å². The molecule has 0 atom stereocenters. The molecule has 0 saturated carbocycles. The van der Waals surface area contributed by atoms with E-state index in [4.69, 9.17) is 0 Å². The number of sulfonamides is 1. The van der Waals surface area contributed by atoms with Crippen molar-refractivity contribution in [2.24, 2.45) is 0 Å². The Balaban J connectivity index is 2.94. The fourth-order valence-electron chi connectivity index (χ4n) is 1.52. The van der Waals surface area contributed by atoms with Crippen molar-refractivity contribution in [2.45, 2.75) is 24.0 Å². The van der Waals surface area contributed by atoms with Crippen molar-refractivity contribution in [1.29, 1.82) is 0 Å². The molecular weight excluding hydrogens is 300 g/mol. The van der Waals surface area contributed by atoms with Crippen molar-refractivity contribution >= 4 is 10.0 Å². The minimum Gasteiger partial charge on any atom is -0.316 e. The average molecular weight is 314 g/mol. The Bertz CT molecular complexity index is 558. The quantitative estimate of drug-likeness (QED) is 0.787.